The molecule has 2 aromatic heterocycles. The minimum Gasteiger partial charge on any atom is -0.284 e. The molecule has 6 nitrogen and oxygen atoms in total. The molecular weight excluding hydrogens is 466 g/mol. The van der Waals surface area contributed by atoms with Crippen LogP contribution in [0.5, 0.6) is 0 Å². The molecule has 0 saturated heterocycles. The summed E-state index contributed by atoms with van der Waals surface area (Å²) in [6.45, 7) is 6.29. The van der Waals surface area contributed by atoms with Gasteiger partial charge in [0.1, 0.15) is 0 Å². The van der Waals surface area contributed by atoms with Crippen LogP contribution < -0.4 is 4.90 Å². The number of rotatable bonds is 8. The second kappa shape index (κ2) is 10.0. The van der Waals surface area contributed by atoms with E-state index in [1.807, 2.05) is 39.0 Å². The number of carbonyl (C=O) groups excluding carboxylic acids is 1. The second-order valence-electron chi connectivity index (χ2n) is 8.45. The normalized spacial score (nSPS) is 11.6. The summed E-state index contributed by atoms with van der Waals surface area (Å²) in [5.74, 6) is -0.238. The molecule has 176 valence electrons. The number of aromatic nitrogens is 2. The highest BCUT2D eigenvalue weighted by molar-refractivity contribution is 7.91. The first-order valence-electron chi connectivity index (χ1n) is 11.1. The average Bonchev–Trinajstić information content (AvgIpc) is 3.27. The highest BCUT2D eigenvalue weighted by Gasteiger charge is 2.22. The number of anilines is 1. The van der Waals surface area contributed by atoms with Gasteiger partial charge in [0.2, 0.25) is 5.91 Å². The predicted octanol–water partition coefficient (Wildman–Crippen LogP) is 5.40. The van der Waals surface area contributed by atoms with E-state index >= 15 is 0 Å². The van der Waals surface area contributed by atoms with E-state index in [-0.39, 0.29) is 29.4 Å². The van der Waals surface area contributed by atoms with Crippen LogP contribution in [0.2, 0.25) is 0 Å². The smallest absolute Gasteiger partial charge is 0.229 e. The highest BCUT2D eigenvalue weighted by Crippen LogP contribution is 2.34. The monoisotopic (exact) mass is 493 g/mol. The Kier molecular flexibility index (Phi) is 7.09. The fourth-order valence-corrected chi connectivity index (χ4v) is 6.15. The molecular formula is C26H27N3O3S2. The Labute approximate surface area is 204 Å². The molecule has 1 amide bonds. The van der Waals surface area contributed by atoms with Gasteiger partial charge in [-0.3, -0.25) is 14.7 Å². The topological polar surface area (TPSA) is 80.2 Å². The molecule has 0 aliphatic rings. The number of fused-ring (bicyclic) bond motifs is 1. The van der Waals surface area contributed by atoms with E-state index in [0.717, 1.165) is 32.5 Å². The molecule has 2 heterocycles. The third-order valence-corrected chi connectivity index (χ3v) is 8.74. The van der Waals surface area contributed by atoms with Crippen LogP contribution in [0.4, 0.5) is 5.13 Å². The van der Waals surface area contributed by atoms with Crippen molar-refractivity contribution in [3.05, 3.63) is 83.2 Å². The Morgan fingerprint density at radius 1 is 1.00 bits per heavy atom. The van der Waals surface area contributed by atoms with Crippen LogP contribution in [0.3, 0.4) is 0 Å². The molecule has 0 unspecified atom stereocenters. The van der Waals surface area contributed by atoms with Gasteiger partial charge in [0.05, 0.1) is 27.4 Å². The zero-order valence-corrected chi connectivity index (χ0v) is 21.1. The van der Waals surface area contributed by atoms with Crippen LogP contribution >= 0.6 is 11.3 Å². The van der Waals surface area contributed by atoms with Crippen molar-refractivity contribution in [1.29, 1.82) is 0 Å². The minimum atomic E-state index is -3.45. The van der Waals surface area contributed by atoms with E-state index in [4.69, 9.17) is 4.98 Å². The van der Waals surface area contributed by atoms with Gasteiger partial charge in [-0.1, -0.05) is 47.2 Å². The number of thiazole rings is 1. The van der Waals surface area contributed by atoms with Gasteiger partial charge in [0.15, 0.2) is 15.0 Å². The molecule has 0 atom stereocenters. The maximum Gasteiger partial charge on any atom is 0.229 e. The molecule has 4 rings (SSSR count). The van der Waals surface area contributed by atoms with Crippen molar-refractivity contribution in [2.24, 2.45) is 0 Å². The summed E-state index contributed by atoms with van der Waals surface area (Å²) in [4.78, 5) is 24.2. The minimum absolute atomic E-state index is 0.0827. The number of carbonyl (C=O) groups is 1. The Hall–Kier alpha value is -3.10. The fraction of sp³-hybridized carbons (Fsp3) is 0.269. The summed E-state index contributed by atoms with van der Waals surface area (Å²) in [7, 11) is -3.45. The van der Waals surface area contributed by atoms with Gasteiger partial charge in [0.25, 0.3) is 0 Å². The highest BCUT2D eigenvalue weighted by atomic mass is 32.2. The summed E-state index contributed by atoms with van der Waals surface area (Å²) in [5, 5.41) is 0.614. The molecule has 0 aliphatic carbocycles. The van der Waals surface area contributed by atoms with Gasteiger partial charge in [-0.25, -0.2) is 13.4 Å². The lowest BCUT2D eigenvalue weighted by Gasteiger charge is -2.20. The van der Waals surface area contributed by atoms with E-state index in [2.05, 4.69) is 11.1 Å². The summed E-state index contributed by atoms with van der Waals surface area (Å²) < 4.78 is 26.5. The molecule has 34 heavy (non-hydrogen) atoms. The Balaban J connectivity index is 1.55. The average molecular weight is 494 g/mol. The van der Waals surface area contributed by atoms with Crippen molar-refractivity contribution in [1.82, 2.24) is 9.97 Å². The van der Waals surface area contributed by atoms with E-state index in [9.17, 15) is 13.2 Å². The number of nitrogens with zero attached hydrogens (tertiary/aromatic N) is 3. The zero-order chi connectivity index (χ0) is 24.3. The number of aryl methyl sites for hydroxylation is 3. The van der Waals surface area contributed by atoms with Gasteiger partial charge in [-0.2, -0.15) is 0 Å². The largest absolute Gasteiger partial charge is 0.284 e. The molecule has 4 aromatic rings. The molecule has 0 bridgehead atoms. The molecule has 0 N–H and O–H groups in total. The van der Waals surface area contributed by atoms with Gasteiger partial charge < -0.3 is 0 Å². The number of benzene rings is 2. The lowest BCUT2D eigenvalue weighted by Crippen LogP contribution is -2.30. The molecule has 0 fully saturated rings. The standard InChI is InChI=1S/C26H27N3O3S2/c1-18-8-12-22(13-9-18)34(31,32)15-5-7-23(30)29(17-21-6-4-14-27-16-21)26-28-24-19(2)10-11-20(3)25(24)33-26/h4,6,8-14,16H,5,7,15,17H2,1-3H3. The van der Waals surface area contributed by atoms with Crippen LogP contribution in [-0.4, -0.2) is 30.0 Å². The van der Waals surface area contributed by atoms with Crippen LogP contribution in [0, 0.1) is 20.8 Å². The third kappa shape index (κ3) is 5.34. The second-order valence-corrected chi connectivity index (χ2v) is 11.5. The molecule has 0 aliphatic heterocycles. The lowest BCUT2D eigenvalue weighted by atomic mass is 10.1. The van der Waals surface area contributed by atoms with E-state index in [1.165, 1.54) is 11.3 Å². The molecule has 8 heteroatoms. The summed E-state index contributed by atoms with van der Waals surface area (Å²) in [5.41, 5.74) is 4.95. The van der Waals surface area contributed by atoms with Gasteiger partial charge in [-0.15, -0.1) is 0 Å². The Bertz CT molecular complexity index is 1370. The Morgan fingerprint density at radius 2 is 1.74 bits per heavy atom. The van der Waals surface area contributed by atoms with Crippen molar-refractivity contribution in [3.63, 3.8) is 0 Å². The Morgan fingerprint density at radius 3 is 2.41 bits per heavy atom. The van der Waals surface area contributed by atoms with Crippen LogP contribution in [0.1, 0.15) is 35.1 Å². The van der Waals surface area contributed by atoms with Gasteiger partial charge in [-0.05, 0) is 62.1 Å². The number of sulfone groups is 1. The molecule has 0 saturated carbocycles. The number of hydrogen-bond acceptors (Lipinski definition) is 6. The fourth-order valence-electron chi connectivity index (χ4n) is 3.71. The van der Waals surface area contributed by atoms with Crippen LogP contribution in [0.15, 0.2) is 65.8 Å². The van der Waals surface area contributed by atoms with Crippen molar-refractivity contribution in [2.45, 2.75) is 45.1 Å². The van der Waals surface area contributed by atoms with Crippen molar-refractivity contribution >= 4 is 42.4 Å². The molecule has 0 spiro atoms. The molecule has 2 aromatic carbocycles. The maximum absolute atomic E-state index is 13.3. The SMILES string of the molecule is Cc1ccc(S(=O)(=O)CCCC(=O)N(Cc2cccnc2)c2nc3c(C)ccc(C)c3s2)cc1. The predicted molar refractivity (Wildman–Crippen MR) is 137 cm³/mol. The lowest BCUT2D eigenvalue weighted by molar-refractivity contribution is -0.118. The van der Waals surface area contributed by atoms with E-state index < -0.39 is 9.84 Å². The number of amides is 1. The number of hydrogen-bond donors (Lipinski definition) is 0. The summed E-state index contributed by atoms with van der Waals surface area (Å²) in [6.07, 6.45) is 3.77. The van der Waals surface area contributed by atoms with Crippen LogP contribution in [0.25, 0.3) is 10.2 Å². The summed E-state index contributed by atoms with van der Waals surface area (Å²) >= 11 is 1.49. The van der Waals surface area contributed by atoms with Crippen molar-refractivity contribution < 1.29 is 13.2 Å². The zero-order valence-electron chi connectivity index (χ0n) is 19.5. The van der Waals surface area contributed by atoms with E-state index in [0.29, 0.717) is 11.7 Å². The van der Waals surface area contributed by atoms with Crippen LogP contribution in [-0.2, 0) is 21.2 Å². The third-order valence-electron chi connectivity index (χ3n) is 5.71. The molecule has 0 radical (unpaired) electrons. The first-order chi connectivity index (χ1) is 16.2. The van der Waals surface area contributed by atoms with Gasteiger partial charge >= 0.3 is 0 Å². The maximum atomic E-state index is 13.3. The first-order valence-corrected chi connectivity index (χ1v) is 13.6. The first kappa shape index (κ1) is 24.0. The van der Waals surface area contributed by atoms with Crippen molar-refractivity contribution in [3.8, 4) is 0 Å². The van der Waals surface area contributed by atoms with Gasteiger partial charge in [0, 0.05) is 18.8 Å². The van der Waals surface area contributed by atoms with Crippen molar-refractivity contribution in [2.75, 3.05) is 10.7 Å². The van der Waals surface area contributed by atoms with E-state index in [1.54, 1.807) is 41.6 Å². The quantitative estimate of drug-likeness (QED) is 0.328. The summed E-state index contributed by atoms with van der Waals surface area (Å²) in [6, 6.07) is 14.6. The number of pyridine rings is 1.